The van der Waals surface area contributed by atoms with Gasteiger partial charge in [-0.1, -0.05) is 19.9 Å². The quantitative estimate of drug-likeness (QED) is 0.857. The molecule has 1 aromatic heterocycles. The van der Waals surface area contributed by atoms with Gasteiger partial charge in [-0.05, 0) is 48.4 Å². The van der Waals surface area contributed by atoms with E-state index in [0.717, 1.165) is 24.1 Å². The summed E-state index contributed by atoms with van der Waals surface area (Å²) in [5.41, 5.74) is 0.455. The summed E-state index contributed by atoms with van der Waals surface area (Å²) in [4.78, 5) is 28.6. The lowest BCUT2D eigenvalue weighted by atomic mass is 9.96. The molecule has 0 saturated carbocycles. The Labute approximate surface area is 161 Å². The predicted molar refractivity (Wildman–Crippen MR) is 101 cm³/mol. The molecule has 3 rings (SSSR count). The molecule has 1 unspecified atom stereocenters. The molecule has 1 aromatic carbocycles. The standard InChI is InChI=1S/C20H22F2N2O2S/c1-11(2)18(23-19(25)17-14(21)5-4-6-15(17)22)20(26)24-9-7-16-13(12(24)3)8-10-27-16/h4-6,8,10-12,18H,7,9H2,1-3H3,(H,23,25)/t12?,18-/m0/s1. The molecule has 1 aliphatic heterocycles. The molecule has 1 aliphatic rings. The van der Waals surface area contributed by atoms with Crippen LogP contribution in [0, 0.1) is 17.6 Å². The monoisotopic (exact) mass is 392 g/mol. The molecular weight excluding hydrogens is 370 g/mol. The first kappa shape index (κ1) is 19.5. The van der Waals surface area contributed by atoms with Crippen LogP contribution in [0.2, 0.25) is 0 Å². The van der Waals surface area contributed by atoms with Crippen molar-refractivity contribution in [1.29, 1.82) is 0 Å². The number of carbonyl (C=O) groups is 2. The van der Waals surface area contributed by atoms with E-state index in [1.165, 1.54) is 10.9 Å². The molecule has 2 heterocycles. The second-order valence-electron chi connectivity index (χ2n) is 7.05. The summed E-state index contributed by atoms with van der Waals surface area (Å²) >= 11 is 1.68. The molecule has 0 spiro atoms. The van der Waals surface area contributed by atoms with E-state index in [4.69, 9.17) is 0 Å². The summed E-state index contributed by atoms with van der Waals surface area (Å²) in [6.07, 6.45) is 0.768. The number of nitrogens with zero attached hydrogens (tertiary/aromatic N) is 1. The lowest BCUT2D eigenvalue weighted by molar-refractivity contribution is -0.136. The maximum absolute atomic E-state index is 13.9. The Morgan fingerprint density at radius 1 is 1.22 bits per heavy atom. The first-order valence-corrected chi connectivity index (χ1v) is 9.80. The Hall–Kier alpha value is -2.28. The maximum Gasteiger partial charge on any atom is 0.257 e. The van der Waals surface area contributed by atoms with Crippen LogP contribution in [0.15, 0.2) is 29.6 Å². The highest BCUT2D eigenvalue weighted by molar-refractivity contribution is 7.10. The molecule has 4 nitrogen and oxygen atoms in total. The summed E-state index contributed by atoms with van der Waals surface area (Å²) < 4.78 is 27.8. The number of amides is 2. The lowest BCUT2D eigenvalue weighted by Gasteiger charge is -2.37. The van der Waals surface area contributed by atoms with Gasteiger partial charge in [-0.2, -0.15) is 0 Å². The predicted octanol–water partition coefficient (Wildman–Crippen LogP) is 3.93. The van der Waals surface area contributed by atoms with Crippen LogP contribution in [-0.2, 0) is 11.2 Å². The van der Waals surface area contributed by atoms with Crippen LogP contribution in [0.1, 0.15) is 47.6 Å². The number of hydrogen-bond acceptors (Lipinski definition) is 3. The summed E-state index contributed by atoms with van der Waals surface area (Å²) in [5, 5.41) is 4.55. The Kier molecular flexibility index (Phi) is 5.60. The van der Waals surface area contributed by atoms with E-state index in [1.54, 1.807) is 30.1 Å². The number of halogens is 2. The molecule has 2 atom stereocenters. The SMILES string of the molecule is CC(C)[C@H](NC(=O)c1c(F)cccc1F)C(=O)N1CCc2sccc2C1C. The van der Waals surface area contributed by atoms with E-state index in [-0.39, 0.29) is 17.9 Å². The Morgan fingerprint density at radius 3 is 2.52 bits per heavy atom. The molecule has 27 heavy (non-hydrogen) atoms. The van der Waals surface area contributed by atoms with Gasteiger partial charge in [0.2, 0.25) is 5.91 Å². The smallest absolute Gasteiger partial charge is 0.257 e. The minimum absolute atomic E-state index is 0.101. The van der Waals surface area contributed by atoms with E-state index in [9.17, 15) is 18.4 Å². The van der Waals surface area contributed by atoms with E-state index in [0.29, 0.717) is 6.54 Å². The maximum atomic E-state index is 13.9. The van der Waals surface area contributed by atoms with Gasteiger partial charge in [0.1, 0.15) is 23.2 Å². The molecule has 0 fully saturated rings. The minimum atomic E-state index is -0.947. The van der Waals surface area contributed by atoms with Gasteiger partial charge in [-0.25, -0.2) is 8.78 Å². The van der Waals surface area contributed by atoms with Crippen molar-refractivity contribution in [3.63, 3.8) is 0 Å². The van der Waals surface area contributed by atoms with Gasteiger partial charge in [0.15, 0.2) is 0 Å². The highest BCUT2D eigenvalue weighted by Gasteiger charge is 2.35. The van der Waals surface area contributed by atoms with Crippen molar-refractivity contribution < 1.29 is 18.4 Å². The summed E-state index contributed by atoms with van der Waals surface area (Å²) in [6, 6.07) is 4.29. The normalized spacial score (nSPS) is 17.6. The largest absolute Gasteiger partial charge is 0.340 e. The minimum Gasteiger partial charge on any atom is -0.340 e. The summed E-state index contributed by atoms with van der Waals surface area (Å²) in [6.45, 7) is 6.11. The lowest BCUT2D eigenvalue weighted by Crippen LogP contribution is -2.53. The Balaban J connectivity index is 1.82. The molecule has 144 valence electrons. The third-order valence-electron chi connectivity index (χ3n) is 4.97. The third kappa shape index (κ3) is 3.74. The van der Waals surface area contributed by atoms with Gasteiger partial charge in [0.25, 0.3) is 5.91 Å². The van der Waals surface area contributed by atoms with Crippen LogP contribution in [0.5, 0.6) is 0 Å². The van der Waals surface area contributed by atoms with E-state index >= 15 is 0 Å². The molecule has 0 bridgehead atoms. The zero-order chi connectivity index (χ0) is 19.7. The second kappa shape index (κ2) is 7.76. The number of nitrogens with one attached hydrogen (secondary N) is 1. The van der Waals surface area contributed by atoms with Gasteiger partial charge >= 0.3 is 0 Å². The van der Waals surface area contributed by atoms with Crippen LogP contribution < -0.4 is 5.32 Å². The molecule has 7 heteroatoms. The van der Waals surface area contributed by atoms with E-state index < -0.39 is 29.1 Å². The van der Waals surface area contributed by atoms with Gasteiger partial charge < -0.3 is 10.2 Å². The van der Waals surface area contributed by atoms with Crippen molar-refractivity contribution >= 4 is 23.2 Å². The van der Waals surface area contributed by atoms with Crippen molar-refractivity contribution in [2.75, 3.05) is 6.54 Å². The van der Waals surface area contributed by atoms with Crippen LogP contribution >= 0.6 is 11.3 Å². The molecule has 0 radical (unpaired) electrons. The first-order valence-electron chi connectivity index (χ1n) is 8.93. The molecule has 2 amide bonds. The molecule has 0 aliphatic carbocycles. The van der Waals surface area contributed by atoms with Crippen LogP contribution in [0.3, 0.4) is 0 Å². The molecular formula is C20H22F2N2O2S. The second-order valence-corrected chi connectivity index (χ2v) is 8.05. The highest BCUT2D eigenvalue weighted by atomic mass is 32.1. The summed E-state index contributed by atoms with van der Waals surface area (Å²) in [7, 11) is 0. The number of rotatable bonds is 4. The number of benzene rings is 1. The molecule has 1 N–H and O–H groups in total. The number of carbonyl (C=O) groups excluding carboxylic acids is 2. The first-order chi connectivity index (χ1) is 12.8. The topological polar surface area (TPSA) is 49.4 Å². The van der Waals surface area contributed by atoms with Crippen LogP contribution in [0.4, 0.5) is 8.78 Å². The summed E-state index contributed by atoms with van der Waals surface area (Å²) in [5.74, 6) is -3.28. The molecule has 2 aromatic rings. The average Bonchev–Trinajstić information content (AvgIpc) is 3.08. The Bertz CT molecular complexity index is 845. The molecule has 0 saturated heterocycles. The Morgan fingerprint density at radius 2 is 1.89 bits per heavy atom. The van der Waals surface area contributed by atoms with Crippen molar-refractivity contribution in [3.8, 4) is 0 Å². The zero-order valence-electron chi connectivity index (χ0n) is 15.5. The zero-order valence-corrected chi connectivity index (χ0v) is 16.3. The van der Waals surface area contributed by atoms with Crippen molar-refractivity contribution in [3.05, 3.63) is 57.3 Å². The van der Waals surface area contributed by atoms with Gasteiger partial charge in [-0.3, -0.25) is 9.59 Å². The van der Waals surface area contributed by atoms with E-state index in [1.807, 2.05) is 18.4 Å². The van der Waals surface area contributed by atoms with Crippen molar-refractivity contribution in [2.45, 2.75) is 39.3 Å². The van der Waals surface area contributed by atoms with E-state index in [2.05, 4.69) is 5.32 Å². The van der Waals surface area contributed by atoms with Gasteiger partial charge in [-0.15, -0.1) is 11.3 Å². The highest BCUT2D eigenvalue weighted by Crippen LogP contribution is 2.33. The fourth-order valence-corrected chi connectivity index (χ4v) is 4.39. The van der Waals surface area contributed by atoms with Gasteiger partial charge in [0.05, 0.1) is 6.04 Å². The fourth-order valence-electron chi connectivity index (χ4n) is 3.43. The van der Waals surface area contributed by atoms with Crippen molar-refractivity contribution in [1.82, 2.24) is 10.2 Å². The average molecular weight is 392 g/mol. The van der Waals surface area contributed by atoms with Crippen LogP contribution in [0.25, 0.3) is 0 Å². The number of thiophene rings is 1. The van der Waals surface area contributed by atoms with Crippen LogP contribution in [-0.4, -0.2) is 29.3 Å². The van der Waals surface area contributed by atoms with Gasteiger partial charge in [0, 0.05) is 11.4 Å². The number of fused-ring (bicyclic) bond motifs is 1. The third-order valence-corrected chi connectivity index (χ3v) is 5.97. The fraction of sp³-hybridized carbons (Fsp3) is 0.400. The van der Waals surface area contributed by atoms with Crippen molar-refractivity contribution in [2.24, 2.45) is 5.92 Å². The number of hydrogen-bond donors (Lipinski definition) is 1.